The Morgan fingerprint density at radius 1 is 1.04 bits per heavy atom. The van der Waals surface area contributed by atoms with Crippen LogP contribution in [0.1, 0.15) is 18.5 Å². The molecule has 2 heterocycles. The Morgan fingerprint density at radius 3 is 2.42 bits per heavy atom. The molecular formula is C20H19N3O. The number of amides is 1. The van der Waals surface area contributed by atoms with E-state index in [9.17, 15) is 4.79 Å². The van der Waals surface area contributed by atoms with Gasteiger partial charge in [-0.3, -0.25) is 14.7 Å². The topological polar surface area (TPSA) is 44.7 Å². The average molecular weight is 317 g/mol. The van der Waals surface area contributed by atoms with Crippen molar-refractivity contribution in [1.29, 1.82) is 0 Å². The second-order valence-corrected chi connectivity index (χ2v) is 6.02. The maximum absolute atomic E-state index is 13.2. The van der Waals surface area contributed by atoms with Gasteiger partial charge in [0.05, 0.1) is 12.6 Å². The minimum Gasteiger partial charge on any atom is -0.386 e. The highest BCUT2D eigenvalue weighted by atomic mass is 16.2. The lowest BCUT2D eigenvalue weighted by atomic mass is 9.96. The maximum atomic E-state index is 13.2. The van der Waals surface area contributed by atoms with E-state index in [0.29, 0.717) is 12.3 Å². The first-order valence-electron chi connectivity index (χ1n) is 8.20. The van der Waals surface area contributed by atoms with E-state index in [2.05, 4.69) is 22.4 Å². The normalized spacial score (nSPS) is 20.4. The van der Waals surface area contributed by atoms with Crippen molar-refractivity contribution in [2.45, 2.75) is 13.0 Å². The molecule has 0 saturated carbocycles. The van der Waals surface area contributed by atoms with E-state index >= 15 is 0 Å². The van der Waals surface area contributed by atoms with Crippen molar-refractivity contribution < 1.29 is 4.79 Å². The lowest BCUT2D eigenvalue weighted by Crippen LogP contribution is -2.30. The van der Waals surface area contributed by atoms with E-state index in [1.807, 2.05) is 60.4 Å². The molecule has 4 rings (SSSR count). The van der Waals surface area contributed by atoms with E-state index in [1.54, 1.807) is 0 Å². The largest absolute Gasteiger partial charge is 0.386 e. The van der Waals surface area contributed by atoms with Crippen molar-refractivity contribution in [3.63, 3.8) is 0 Å². The van der Waals surface area contributed by atoms with Gasteiger partial charge in [-0.05, 0) is 24.6 Å². The van der Waals surface area contributed by atoms with Crippen LogP contribution in [0, 0.1) is 0 Å². The second kappa shape index (κ2) is 5.96. The molecule has 2 aliphatic heterocycles. The van der Waals surface area contributed by atoms with Crippen molar-refractivity contribution in [2.24, 2.45) is 4.99 Å². The fraction of sp³-hybridized carbons (Fsp3) is 0.200. The first kappa shape index (κ1) is 14.7. The van der Waals surface area contributed by atoms with Gasteiger partial charge in [0, 0.05) is 23.5 Å². The Balaban J connectivity index is 1.94. The molecule has 120 valence electrons. The molecule has 0 aliphatic carbocycles. The van der Waals surface area contributed by atoms with Crippen molar-refractivity contribution in [3.8, 4) is 0 Å². The molecule has 4 heteroatoms. The quantitative estimate of drug-likeness (QED) is 0.925. The fourth-order valence-corrected chi connectivity index (χ4v) is 3.45. The molecule has 24 heavy (non-hydrogen) atoms. The smallest absolute Gasteiger partial charge is 0.277 e. The van der Waals surface area contributed by atoms with Gasteiger partial charge in [0.1, 0.15) is 5.71 Å². The van der Waals surface area contributed by atoms with Gasteiger partial charge < -0.3 is 5.32 Å². The molecule has 2 aromatic rings. The molecule has 0 radical (unpaired) electrons. The van der Waals surface area contributed by atoms with Crippen LogP contribution in [-0.4, -0.2) is 24.7 Å². The van der Waals surface area contributed by atoms with Crippen molar-refractivity contribution >= 4 is 17.3 Å². The number of anilines is 1. The fourth-order valence-electron chi connectivity index (χ4n) is 3.45. The van der Waals surface area contributed by atoms with E-state index in [1.165, 1.54) is 0 Å². The number of hydrogen-bond acceptors (Lipinski definition) is 3. The number of benzene rings is 2. The Hall–Kier alpha value is -2.88. The lowest BCUT2D eigenvalue weighted by molar-refractivity contribution is -0.112. The van der Waals surface area contributed by atoms with Gasteiger partial charge in [-0.2, -0.15) is 0 Å². The average Bonchev–Trinajstić information content (AvgIpc) is 2.78. The summed E-state index contributed by atoms with van der Waals surface area (Å²) >= 11 is 0. The van der Waals surface area contributed by atoms with Crippen LogP contribution in [0.3, 0.4) is 0 Å². The van der Waals surface area contributed by atoms with Crippen LogP contribution in [0.2, 0.25) is 0 Å². The van der Waals surface area contributed by atoms with E-state index in [0.717, 1.165) is 29.1 Å². The number of fused-ring (bicyclic) bond motifs is 1. The van der Waals surface area contributed by atoms with Crippen molar-refractivity contribution in [2.75, 3.05) is 18.0 Å². The third-order valence-electron chi connectivity index (χ3n) is 4.53. The summed E-state index contributed by atoms with van der Waals surface area (Å²) in [5, 5.41) is 3.39. The van der Waals surface area contributed by atoms with Crippen molar-refractivity contribution in [3.05, 3.63) is 77.5 Å². The minimum absolute atomic E-state index is 0.0203. The van der Waals surface area contributed by atoms with Crippen LogP contribution in [0.15, 0.2) is 76.9 Å². The highest BCUT2D eigenvalue weighted by Gasteiger charge is 2.44. The van der Waals surface area contributed by atoms with Gasteiger partial charge in [0.25, 0.3) is 5.91 Å². The molecule has 0 spiro atoms. The summed E-state index contributed by atoms with van der Waals surface area (Å²) in [6.07, 6.45) is 0. The maximum Gasteiger partial charge on any atom is 0.277 e. The monoisotopic (exact) mass is 317 g/mol. The first-order chi connectivity index (χ1) is 11.8. The predicted octanol–water partition coefficient (Wildman–Crippen LogP) is 3.09. The minimum atomic E-state index is -0.148. The van der Waals surface area contributed by atoms with E-state index in [4.69, 9.17) is 0 Å². The predicted molar refractivity (Wildman–Crippen MR) is 96.1 cm³/mol. The number of allylic oxidation sites excluding steroid dienone is 1. The summed E-state index contributed by atoms with van der Waals surface area (Å²) in [7, 11) is 0. The summed E-state index contributed by atoms with van der Waals surface area (Å²) in [6, 6.07) is 19.8. The number of carbonyl (C=O) groups is 1. The van der Waals surface area contributed by atoms with Gasteiger partial charge in [-0.1, -0.05) is 48.5 Å². The summed E-state index contributed by atoms with van der Waals surface area (Å²) in [5.74, 6) is -0.0203. The summed E-state index contributed by atoms with van der Waals surface area (Å²) < 4.78 is 0. The van der Waals surface area contributed by atoms with E-state index in [-0.39, 0.29) is 11.9 Å². The molecule has 4 nitrogen and oxygen atoms in total. The van der Waals surface area contributed by atoms with Gasteiger partial charge >= 0.3 is 0 Å². The summed E-state index contributed by atoms with van der Waals surface area (Å²) in [6.45, 7) is 3.42. The zero-order valence-electron chi connectivity index (χ0n) is 13.6. The summed E-state index contributed by atoms with van der Waals surface area (Å²) in [5.41, 5.74) is 4.61. The number of carbonyl (C=O) groups excluding carboxylic acids is 1. The first-order valence-corrected chi connectivity index (χ1v) is 8.20. The Morgan fingerprint density at radius 2 is 1.71 bits per heavy atom. The molecular weight excluding hydrogens is 298 g/mol. The lowest BCUT2D eigenvalue weighted by Gasteiger charge is -2.26. The van der Waals surface area contributed by atoms with Crippen LogP contribution in [-0.2, 0) is 4.79 Å². The molecule has 1 N–H and O–H groups in total. The Labute approximate surface area is 141 Å². The molecule has 1 saturated heterocycles. The van der Waals surface area contributed by atoms with Gasteiger partial charge in [0.2, 0.25) is 0 Å². The third kappa shape index (κ3) is 2.31. The van der Waals surface area contributed by atoms with E-state index < -0.39 is 0 Å². The van der Waals surface area contributed by atoms with Crippen LogP contribution in [0.4, 0.5) is 5.69 Å². The molecule has 1 fully saturated rings. The highest BCUT2D eigenvalue weighted by Crippen LogP contribution is 2.41. The number of aliphatic imine (C=N–C) groups is 1. The number of nitrogens with zero attached hydrogens (tertiary/aromatic N) is 2. The Kier molecular flexibility index (Phi) is 3.65. The van der Waals surface area contributed by atoms with Crippen LogP contribution >= 0.6 is 0 Å². The molecule has 0 aromatic heterocycles. The number of para-hydroxylation sites is 1. The molecule has 0 bridgehead atoms. The van der Waals surface area contributed by atoms with Crippen LogP contribution in [0.5, 0.6) is 0 Å². The number of hydrogen-bond donors (Lipinski definition) is 1. The Bertz CT molecular complexity index is 824. The molecule has 2 aromatic carbocycles. The molecule has 1 amide bonds. The molecule has 1 unspecified atom stereocenters. The van der Waals surface area contributed by atoms with Gasteiger partial charge in [-0.15, -0.1) is 0 Å². The SMILES string of the molecule is CC1=C2C(=NCCN1)C(=O)N(c1ccccc1)C2c1ccccc1. The zero-order valence-corrected chi connectivity index (χ0v) is 13.6. The molecule has 1 atom stereocenters. The number of nitrogens with one attached hydrogen (secondary N) is 1. The second-order valence-electron chi connectivity index (χ2n) is 6.02. The van der Waals surface area contributed by atoms with Crippen LogP contribution < -0.4 is 10.2 Å². The van der Waals surface area contributed by atoms with Crippen molar-refractivity contribution in [1.82, 2.24) is 5.32 Å². The van der Waals surface area contributed by atoms with Crippen LogP contribution in [0.25, 0.3) is 0 Å². The zero-order chi connectivity index (χ0) is 16.5. The highest BCUT2D eigenvalue weighted by molar-refractivity contribution is 6.53. The molecule has 2 aliphatic rings. The standard InChI is InChI=1S/C20H19N3O/c1-14-17-18(22-13-12-21-14)20(24)23(16-10-6-3-7-11-16)19(17)15-8-4-2-5-9-15/h2-11,19,21H,12-13H2,1H3. The third-order valence-corrected chi connectivity index (χ3v) is 4.53. The summed E-state index contributed by atoms with van der Waals surface area (Å²) in [4.78, 5) is 19.6. The number of rotatable bonds is 2. The van der Waals surface area contributed by atoms with Gasteiger partial charge in [-0.25, -0.2) is 0 Å². The van der Waals surface area contributed by atoms with Gasteiger partial charge in [0.15, 0.2) is 0 Å².